The van der Waals surface area contributed by atoms with Crippen LogP contribution in [0.15, 0.2) is 22.7 Å². The van der Waals surface area contributed by atoms with Crippen LogP contribution in [-0.2, 0) is 4.74 Å². The second-order valence-electron chi connectivity index (χ2n) is 3.06. The fourth-order valence-electron chi connectivity index (χ4n) is 1.17. The molecular formula is C10H8BrNO2. The first-order chi connectivity index (χ1) is 6.78. The van der Waals surface area contributed by atoms with E-state index < -0.39 is 0 Å². The molecule has 1 fully saturated rings. The molecule has 3 nitrogen and oxygen atoms in total. The van der Waals surface area contributed by atoms with Gasteiger partial charge in [0, 0.05) is 4.47 Å². The Morgan fingerprint density at radius 2 is 2.21 bits per heavy atom. The molecule has 1 aromatic carbocycles. The number of benzene rings is 1. The molecule has 2 rings (SSSR count). The number of nitrogens with zero attached hydrogens (tertiary/aromatic N) is 1. The highest BCUT2D eigenvalue weighted by Crippen LogP contribution is 2.23. The van der Waals surface area contributed by atoms with Crippen molar-refractivity contribution >= 4 is 15.9 Å². The molecule has 0 unspecified atom stereocenters. The van der Waals surface area contributed by atoms with Gasteiger partial charge in [-0.2, -0.15) is 5.26 Å². The zero-order valence-electron chi connectivity index (χ0n) is 7.37. The standard InChI is InChI=1S/C10H8BrNO2/c11-8-1-7(4-12)2-9(3-8)14-10-5-13-6-10/h1-3,10H,5-6H2. The van der Waals surface area contributed by atoms with Gasteiger partial charge in [0.05, 0.1) is 24.8 Å². The molecule has 1 heterocycles. The third-order valence-corrected chi connectivity index (χ3v) is 2.37. The third kappa shape index (κ3) is 2.06. The second-order valence-corrected chi connectivity index (χ2v) is 3.98. The summed E-state index contributed by atoms with van der Waals surface area (Å²) in [7, 11) is 0. The topological polar surface area (TPSA) is 42.2 Å². The Morgan fingerprint density at radius 3 is 2.79 bits per heavy atom. The summed E-state index contributed by atoms with van der Waals surface area (Å²) in [6, 6.07) is 7.40. The molecule has 0 radical (unpaired) electrons. The van der Waals surface area contributed by atoms with Crippen molar-refractivity contribution in [3.05, 3.63) is 28.2 Å². The van der Waals surface area contributed by atoms with E-state index in [1.165, 1.54) is 0 Å². The Bertz CT molecular complexity index is 382. The summed E-state index contributed by atoms with van der Waals surface area (Å²) in [6.07, 6.45) is 0.135. The predicted molar refractivity (Wildman–Crippen MR) is 54.1 cm³/mol. The molecule has 0 aromatic heterocycles. The molecule has 0 aliphatic carbocycles. The van der Waals surface area contributed by atoms with Gasteiger partial charge in [-0.15, -0.1) is 0 Å². The largest absolute Gasteiger partial charge is 0.486 e. The summed E-state index contributed by atoms with van der Waals surface area (Å²) in [5.41, 5.74) is 0.592. The van der Waals surface area contributed by atoms with Crippen molar-refractivity contribution in [1.82, 2.24) is 0 Å². The molecule has 1 saturated heterocycles. The highest BCUT2D eigenvalue weighted by molar-refractivity contribution is 9.10. The molecule has 1 aliphatic rings. The number of halogens is 1. The SMILES string of the molecule is N#Cc1cc(Br)cc(OC2COC2)c1. The average Bonchev–Trinajstić information content (AvgIpc) is 2.10. The molecule has 1 aliphatic heterocycles. The highest BCUT2D eigenvalue weighted by atomic mass is 79.9. The van der Waals surface area contributed by atoms with Gasteiger partial charge in [0.25, 0.3) is 0 Å². The molecule has 0 saturated carbocycles. The van der Waals surface area contributed by atoms with E-state index >= 15 is 0 Å². The van der Waals surface area contributed by atoms with Crippen molar-refractivity contribution in [3.63, 3.8) is 0 Å². The molecule has 4 heteroatoms. The van der Waals surface area contributed by atoms with E-state index in [0.717, 1.165) is 4.47 Å². The summed E-state index contributed by atoms with van der Waals surface area (Å²) >= 11 is 3.32. The lowest BCUT2D eigenvalue weighted by molar-refractivity contribution is -0.0797. The minimum atomic E-state index is 0.135. The lowest BCUT2D eigenvalue weighted by atomic mass is 10.2. The maximum absolute atomic E-state index is 8.74. The molecule has 0 atom stereocenters. The van der Waals surface area contributed by atoms with Gasteiger partial charge in [-0.25, -0.2) is 0 Å². The summed E-state index contributed by atoms with van der Waals surface area (Å²) < 4.78 is 11.4. The summed E-state index contributed by atoms with van der Waals surface area (Å²) in [5.74, 6) is 0.712. The minimum absolute atomic E-state index is 0.135. The van der Waals surface area contributed by atoms with E-state index in [2.05, 4.69) is 22.0 Å². The lowest BCUT2D eigenvalue weighted by Gasteiger charge is -2.26. The number of ether oxygens (including phenoxy) is 2. The van der Waals surface area contributed by atoms with E-state index in [-0.39, 0.29) is 6.10 Å². The van der Waals surface area contributed by atoms with Gasteiger partial charge >= 0.3 is 0 Å². The van der Waals surface area contributed by atoms with Gasteiger partial charge in [0.15, 0.2) is 0 Å². The second kappa shape index (κ2) is 3.99. The van der Waals surface area contributed by atoms with Gasteiger partial charge < -0.3 is 9.47 Å². The summed E-state index contributed by atoms with van der Waals surface area (Å²) in [5, 5.41) is 8.74. The first-order valence-corrected chi connectivity index (χ1v) is 5.02. The molecule has 72 valence electrons. The molecular weight excluding hydrogens is 246 g/mol. The van der Waals surface area contributed by atoms with Crippen LogP contribution in [0.4, 0.5) is 0 Å². The van der Waals surface area contributed by atoms with Crippen LogP contribution >= 0.6 is 15.9 Å². The van der Waals surface area contributed by atoms with Gasteiger partial charge in [0.1, 0.15) is 11.9 Å². The van der Waals surface area contributed by atoms with Crippen LogP contribution in [0.5, 0.6) is 5.75 Å². The fraction of sp³-hybridized carbons (Fsp3) is 0.300. The Kier molecular flexibility index (Phi) is 2.71. The smallest absolute Gasteiger partial charge is 0.145 e. The molecule has 0 spiro atoms. The Balaban J connectivity index is 2.16. The van der Waals surface area contributed by atoms with Crippen LogP contribution in [0.2, 0.25) is 0 Å². The quantitative estimate of drug-likeness (QED) is 0.811. The van der Waals surface area contributed by atoms with Gasteiger partial charge in [-0.05, 0) is 18.2 Å². The molecule has 0 N–H and O–H groups in total. The van der Waals surface area contributed by atoms with E-state index in [9.17, 15) is 0 Å². The zero-order valence-corrected chi connectivity index (χ0v) is 8.95. The zero-order chi connectivity index (χ0) is 9.97. The maximum atomic E-state index is 8.74. The molecule has 0 amide bonds. The van der Waals surface area contributed by atoms with Gasteiger partial charge in [-0.3, -0.25) is 0 Å². The Hall–Kier alpha value is -1.05. The van der Waals surface area contributed by atoms with Crippen LogP contribution in [-0.4, -0.2) is 19.3 Å². The van der Waals surface area contributed by atoms with Gasteiger partial charge in [-0.1, -0.05) is 15.9 Å². The van der Waals surface area contributed by atoms with Crippen molar-refractivity contribution < 1.29 is 9.47 Å². The first kappa shape index (κ1) is 9.50. The van der Waals surface area contributed by atoms with E-state index in [1.54, 1.807) is 12.1 Å². The monoisotopic (exact) mass is 253 g/mol. The normalized spacial score (nSPS) is 15.7. The average molecular weight is 254 g/mol. The summed E-state index contributed by atoms with van der Waals surface area (Å²) in [4.78, 5) is 0. The number of hydrogen-bond donors (Lipinski definition) is 0. The Morgan fingerprint density at radius 1 is 1.43 bits per heavy atom. The van der Waals surface area contributed by atoms with Crippen molar-refractivity contribution in [2.24, 2.45) is 0 Å². The third-order valence-electron chi connectivity index (χ3n) is 1.91. The van der Waals surface area contributed by atoms with Crippen molar-refractivity contribution in [2.75, 3.05) is 13.2 Å². The van der Waals surface area contributed by atoms with Crippen LogP contribution in [0, 0.1) is 11.3 Å². The van der Waals surface area contributed by atoms with E-state index in [4.69, 9.17) is 14.7 Å². The van der Waals surface area contributed by atoms with Crippen LogP contribution < -0.4 is 4.74 Å². The lowest BCUT2D eigenvalue weighted by Crippen LogP contribution is -2.38. The summed E-state index contributed by atoms with van der Waals surface area (Å²) in [6.45, 7) is 1.27. The van der Waals surface area contributed by atoms with Crippen LogP contribution in [0.25, 0.3) is 0 Å². The molecule has 0 bridgehead atoms. The number of hydrogen-bond acceptors (Lipinski definition) is 3. The predicted octanol–water partition coefficient (Wildman–Crippen LogP) is 2.10. The maximum Gasteiger partial charge on any atom is 0.145 e. The number of rotatable bonds is 2. The highest BCUT2D eigenvalue weighted by Gasteiger charge is 2.20. The van der Waals surface area contributed by atoms with Crippen molar-refractivity contribution in [1.29, 1.82) is 5.26 Å². The van der Waals surface area contributed by atoms with Crippen molar-refractivity contribution in [3.8, 4) is 11.8 Å². The van der Waals surface area contributed by atoms with E-state index in [0.29, 0.717) is 24.5 Å². The van der Waals surface area contributed by atoms with Crippen molar-refractivity contribution in [2.45, 2.75) is 6.10 Å². The molecule has 1 aromatic rings. The van der Waals surface area contributed by atoms with E-state index in [1.807, 2.05) is 6.07 Å². The fourth-order valence-corrected chi connectivity index (χ4v) is 1.64. The first-order valence-electron chi connectivity index (χ1n) is 4.23. The minimum Gasteiger partial charge on any atom is -0.486 e. The molecule has 14 heavy (non-hydrogen) atoms. The van der Waals surface area contributed by atoms with Gasteiger partial charge in [0.2, 0.25) is 0 Å². The Labute approximate surface area is 90.4 Å². The van der Waals surface area contributed by atoms with Crippen LogP contribution in [0.1, 0.15) is 5.56 Å². The number of nitriles is 1. The van der Waals surface area contributed by atoms with Crippen LogP contribution in [0.3, 0.4) is 0 Å².